The van der Waals surface area contributed by atoms with Crippen LogP contribution in [-0.4, -0.2) is 15.8 Å². The molecule has 6 nitrogen and oxygen atoms in total. The van der Waals surface area contributed by atoms with Crippen LogP contribution >= 0.6 is 11.3 Å². The quantitative estimate of drug-likeness (QED) is 0.404. The summed E-state index contributed by atoms with van der Waals surface area (Å²) in [5, 5.41) is 15.7. The van der Waals surface area contributed by atoms with Crippen molar-refractivity contribution in [2.45, 2.75) is 6.92 Å². The summed E-state index contributed by atoms with van der Waals surface area (Å²) in [6.45, 7) is 2.00. The fraction of sp³-hybridized carbons (Fsp3) is 0.0526. The molecule has 7 heteroatoms. The van der Waals surface area contributed by atoms with Gasteiger partial charge in [0, 0.05) is 29.2 Å². The first-order valence-electron chi connectivity index (χ1n) is 7.77. The van der Waals surface area contributed by atoms with Crippen LogP contribution < -0.4 is 5.32 Å². The van der Waals surface area contributed by atoms with E-state index >= 15 is 0 Å². The van der Waals surface area contributed by atoms with Crippen LogP contribution in [0.5, 0.6) is 0 Å². The van der Waals surface area contributed by atoms with Gasteiger partial charge in [-0.2, -0.15) is 0 Å². The van der Waals surface area contributed by atoms with E-state index in [0.717, 1.165) is 11.1 Å². The Morgan fingerprint density at radius 3 is 2.73 bits per heavy atom. The Kier molecular flexibility index (Phi) is 5.19. The minimum atomic E-state index is -0.450. The maximum Gasteiger partial charge on any atom is 0.270 e. The third-order valence-corrected chi connectivity index (χ3v) is 4.35. The van der Waals surface area contributed by atoms with Crippen LogP contribution in [-0.2, 0) is 4.79 Å². The number of carbonyl (C=O) groups is 1. The van der Waals surface area contributed by atoms with Gasteiger partial charge in [0.2, 0.25) is 5.91 Å². The number of rotatable bonds is 5. The maximum atomic E-state index is 12.0. The minimum absolute atomic E-state index is 0.00196. The Hall–Kier alpha value is -3.32. The molecule has 130 valence electrons. The van der Waals surface area contributed by atoms with Gasteiger partial charge in [0.25, 0.3) is 5.69 Å². The lowest BCUT2D eigenvalue weighted by Crippen LogP contribution is -2.07. The molecule has 0 fully saturated rings. The Bertz CT molecular complexity index is 978. The van der Waals surface area contributed by atoms with Gasteiger partial charge >= 0.3 is 0 Å². The van der Waals surface area contributed by atoms with Crippen molar-refractivity contribution in [3.8, 4) is 11.3 Å². The van der Waals surface area contributed by atoms with Gasteiger partial charge in [-0.15, -0.1) is 11.3 Å². The lowest BCUT2D eigenvalue weighted by Gasteiger charge is -1.98. The van der Waals surface area contributed by atoms with Crippen LogP contribution in [0.1, 0.15) is 11.1 Å². The molecule has 1 amide bonds. The monoisotopic (exact) mass is 365 g/mol. The molecule has 0 unspecified atom stereocenters. The van der Waals surface area contributed by atoms with Crippen LogP contribution in [0.25, 0.3) is 17.3 Å². The zero-order valence-electron chi connectivity index (χ0n) is 13.9. The van der Waals surface area contributed by atoms with Crippen molar-refractivity contribution in [3.63, 3.8) is 0 Å². The highest BCUT2D eigenvalue weighted by atomic mass is 32.1. The molecule has 0 radical (unpaired) electrons. The molecule has 0 aliphatic heterocycles. The lowest BCUT2D eigenvalue weighted by molar-refractivity contribution is -0.384. The van der Waals surface area contributed by atoms with Gasteiger partial charge in [0.05, 0.1) is 10.6 Å². The number of aromatic nitrogens is 1. The number of thiazole rings is 1. The first kappa shape index (κ1) is 17.5. The first-order chi connectivity index (χ1) is 12.5. The predicted molar refractivity (Wildman–Crippen MR) is 103 cm³/mol. The van der Waals surface area contributed by atoms with Crippen LogP contribution in [0.15, 0.2) is 60.0 Å². The molecule has 2 aromatic carbocycles. The van der Waals surface area contributed by atoms with Gasteiger partial charge in [-0.1, -0.05) is 42.0 Å². The summed E-state index contributed by atoms with van der Waals surface area (Å²) in [7, 11) is 0. The second-order valence-electron chi connectivity index (χ2n) is 5.58. The number of carbonyl (C=O) groups excluding carboxylic acids is 1. The van der Waals surface area contributed by atoms with Crippen molar-refractivity contribution in [3.05, 3.63) is 81.2 Å². The Morgan fingerprint density at radius 2 is 2.00 bits per heavy atom. The fourth-order valence-corrected chi connectivity index (χ4v) is 2.96. The summed E-state index contributed by atoms with van der Waals surface area (Å²) < 4.78 is 0. The number of non-ortho nitro benzene ring substituents is 1. The molecule has 1 heterocycles. The van der Waals surface area contributed by atoms with Crippen LogP contribution in [0.3, 0.4) is 0 Å². The van der Waals surface area contributed by atoms with E-state index in [1.54, 1.807) is 23.6 Å². The summed E-state index contributed by atoms with van der Waals surface area (Å²) in [4.78, 5) is 26.8. The number of benzene rings is 2. The van der Waals surface area contributed by atoms with E-state index in [1.165, 1.54) is 29.5 Å². The summed E-state index contributed by atoms with van der Waals surface area (Å²) >= 11 is 1.26. The second kappa shape index (κ2) is 7.71. The van der Waals surface area contributed by atoms with E-state index in [0.29, 0.717) is 16.4 Å². The zero-order chi connectivity index (χ0) is 18.5. The van der Waals surface area contributed by atoms with Crippen molar-refractivity contribution < 1.29 is 9.72 Å². The Balaban J connectivity index is 1.68. The number of anilines is 1. The maximum absolute atomic E-state index is 12.0. The first-order valence-corrected chi connectivity index (χ1v) is 8.65. The molecular weight excluding hydrogens is 350 g/mol. The van der Waals surface area contributed by atoms with Gasteiger partial charge in [0.15, 0.2) is 5.13 Å². The number of hydrogen-bond acceptors (Lipinski definition) is 5. The van der Waals surface area contributed by atoms with Crippen molar-refractivity contribution >= 4 is 34.1 Å². The van der Waals surface area contributed by atoms with Gasteiger partial charge in [-0.3, -0.25) is 20.2 Å². The van der Waals surface area contributed by atoms with Gasteiger partial charge in [-0.05, 0) is 18.6 Å². The summed E-state index contributed by atoms with van der Waals surface area (Å²) in [5.41, 5.74) is 3.30. The van der Waals surface area contributed by atoms with E-state index < -0.39 is 4.92 Å². The SMILES string of the molecule is Cc1ccc(C=CC(=O)Nc2nc(-c3cccc([N+](=O)[O-])c3)cs2)cc1. The van der Waals surface area contributed by atoms with Crippen molar-refractivity contribution in [2.24, 2.45) is 0 Å². The van der Waals surface area contributed by atoms with Crippen molar-refractivity contribution in [1.82, 2.24) is 4.98 Å². The number of nitrogens with zero attached hydrogens (tertiary/aromatic N) is 2. The molecule has 26 heavy (non-hydrogen) atoms. The average Bonchev–Trinajstić information content (AvgIpc) is 3.10. The minimum Gasteiger partial charge on any atom is -0.298 e. The van der Waals surface area contributed by atoms with Gasteiger partial charge < -0.3 is 0 Å². The molecule has 0 saturated carbocycles. The highest BCUT2D eigenvalue weighted by molar-refractivity contribution is 7.14. The molecule has 0 spiro atoms. The summed E-state index contributed by atoms with van der Waals surface area (Å²) in [6.07, 6.45) is 3.17. The van der Waals surface area contributed by atoms with E-state index in [9.17, 15) is 14.9 Å². The molecule has 0 aliphatic rings. The molecule has 3 rings (SSSR count). The van der Waals surface area contributed by atoms with E-state index in [4.69, 9.17) is 0 Å². The van der Waals surface area contributed by atoms with Crippen LogP contribution in [0.2, 0.25) is 0 Å². The highest BCUT2D eigenvalue weighted by Gasteiger charge is 2.10. The Labute approximate surface area is 154 Å². The number of nitro groups is 1. The third kappa shape index (κ3) is 4.40. The molecule has 0 atom stereocenters. The molecule has 0 aliphatic carbocycles. The Morgan fingerprint density at radius 1 is 1.23 bits per heavy atom. The summed E-state index contributed by atoms with van der Waals surface area (Å²) in [6, 6.07) is 14.0. The molecule has 3 aromatic rings. The van der Waals surface area contributed by atoms with Crippen LogP contribution in [0.4, 0.5) is 10.8 Å². The topological polar surface area (TPSA) is 85.1 Å². The zero-order valence-corrected chi connectivity index (χ0v) is 14.7. The number of nitrogens with one attached hydrogen (secondary N) is 1. The normalized spacial score (nSPS) is 10.8. The number of amides is 1. The third-order valence-electron chi connectivity index (χ3n) is 3.59. The number of nitro benzene ring substituents is 1. The number of hydrogen-bond donors (Lipinski definition) is 1. The van der Waals surface area contributed by atoms with Crippen LogP contribution in [0, 0.1) is 17.0 Å². The average molecular weight is 365 g/mol. The van der Waals surface area contributed by atoms with E-state index in [2.05, 4.69) is 10.3 Å². The summed E-state index contributed by atoms with van der Waals surface area (Å²) in [5.74, 6) is -0.287. The molecule has 1 N–H and O–H groups in total. The fourth-order valence-electron chi connectivity index (χ4n) is 2.24. The predicted octanol–water partition coefficient (Wildman–Crippen LogP) is 4.68. The molecule has 0 saturated heterocycles. The molecular formula is C19H15N3O3S. The molecule has 1 aromatic heterocycles. The smallest absolute Gasteiger partial charge is 0.270 e. The van der Waals surface area contributed by atoms with Crippen molar-refractivity contribution in [2.75, 3.05) is 5.32 Å². The highest BCUT2D eigenvalue weighted by Crippen LogP contribution is 2.27. The largest absolute Gasteiger partial charge is 0.298 e. The van der Waals surface area contributed by atoms with Crippen molar-refractivity contribution in [1.29, 1.82) is 0 Å². The van der Waals surface area contributed by atoms with Gasteiger partial charge in [-0.25, -0.2) is 4.98 Å². The second-order valence-corrected chi connectivity index (χ2v) is 6.44. The molecule has 0 bridgehead atoms. The lowest BCUT2D eigenvalue weighted by atomic mass is 10.1. The number of aryl methyl sites for hydroxylation is 1. The van der Waals surface area contributed by atoms with E-state index in [-0.39, 0.29) is 11.6 Å². The van der Waals surface area contributed by atoms with Gasteiger partial charge in [0.1, 0.15) is 0 Å². The standard InChI is InChI=1S/C19H15N3O3S/c1-13-5-7-14(8-6-13)9-10-18(23)21-19-20-17(12-26-19)15-3-2-4-16(11-15)22(24)25/h2-12H,1H3,(H,20,21,23). The van der Waals surface area contributed by atoms with E-state index in [1.807, 2.05) is 31.2 Å².